The molecule has 1 unspecified atom stereocenters. The predicted octanol–water partition coefficient (Wildman–Crippen LogP) is 0.575. The van der Waals surface area contributed by atoms with Gasteiger partial charge in [-0.3, -0.25) is 14.5 Å². The minimum Gasteiger partial charge on any atom is -0.355 e. The summed E-state index contributed by atoms with van der Waals surface area (Å²) in [6.45, 7) is 5.21. The molecule has 106 valence electrons. The minimum absolute atomic E-state index is 0.150. The molecular formula is C13H21N3O3. The van der Waals surface area contributed by atoms with E-state index < -0.39 is 0 Å². The summed E-state index contributed by atoms with van der Waals surface area (Å²) < 4.78 is 0. The number of hydrogen-bond acceptors (Lipinski definition) is 3. The Morgan fingerprint density at radius 2 is 2.16 bits per heavy atom. The molecule has 4 amide bonds. The molecule has 6 nitrogen and oxygen atoms in total. The molecule has 0 aromatic heterocycles. The Kier molecular flexibility index (Phi) is 4.07. The van der Waals surface area contributed by atoms with Crippen LogP contribution in [0.1, 0.15) is 33.1 Å². The van der Waals surface area contributed by atoms with E-state index in [1.54, 1.807) is 4.90 Å². The number of fused-ring (bicyclic) bond motifs is 1. The van der Waals surface area contributed by atoms with E-state index in [0.717, 1.165) is 24.2 Å². The summed E-state index contributed by atoms with van der Waals surface area (Å²) >= 11 is 0. The molecule has 6 heteroatoms. The van der Waals surface area contributed by atoms with Crippen molar-refractivity contribution in [2.24, 2.45) is 5.92 Å². The molecule has 2 saturated heterocycles. The van der Waals surface area contributed by atoms with Crippen LogP contribution in [0.5, 0.6) is 0 Å². The maximum atomic E-state index is 12.0. The van der Waals surface area contributed by atoms with E-state index in [4.69, 9.17) is 0 Å². The van der Waals surface area contributed by atoms with Crippen LogP contribution in [-0.2, 0) is 9.59 Å². The van der Waals surface area contributed by atoms with Crippen molar-refractivity contribution in [2.45, 2.75) is 39.2 Å². The number of carbonyl (C=O) groups excluding carboxylic acids is 3. The van der Waals surface area contributed by atoms with Crippen LogP contribution in [0.3, 0.4) is 0 Å². The second-order valence-electron chi connectivity index (χ2n) is 5.59. The number of imide groups is 1. The lowest BCUT2D eigenvalue weighted by molar-refractivity contribution is -0.132. The average Bonchev–Trinajstić information content (AvgIpc) is 2.89. The van der Waals surface area contributed by atoms with Gasteiger partial charge in [0.2, 0.25) is 5.91 Å². The van der Waals surface area contributed by atoms with Gasteiger partial charge in [0.15, 0.2) is 0 Å². The normalized spacial score (nSPS) is 22.4. The van der Waals surface area contributed by atoms with Gasteiger partial charge in [-0.2, -0.15) is 0 Å². The van der Waals surface area contributed by atoms with Crippen LogP contribution in [0, 0.1) is 5.92 Å². The molecule has 0 radical (unpaired) electrons. The molecule has 2 aliphatic rings. The van der Waals surface area contributed by atoms with Gasteiger partial charge >= 0.3 is 6.03 Å². The summed E-state index contributed by atoms with van der Waals surface area (Å²) in [7, 11) is 0. The highest BCUT2D eigenvalue weighted by Gasteiger charge is 2.47. The van der Waals surface area contributed by atoms with Crippen LogP contribution in [-0.4, -0.2) is 53.3 Å². The highest BCUT2D eigenvalue weighted by Crippen LogP contribution is 2.26. The predicted molar refractivity (Wildman–Crippen MR) is 69.3 cm³/mol. The van der Waals surface area contributed by atoms with E-state index in [1.807, 2.05) is 0 Å². The number of rotatable bonds is 5. The van der Waals surface area contributed by atoms with Gasteiger partial charge in [0.25, 0.3) is 5.91 Å². The smallest absolute Gasteiger partial charge is 0.327 e. The standard InChI is InChI=1S/C13H21N3O3/c1-9(2)5-6-14-11(17)8-16-12(18)10-4-3-7-15(10)13(16)19/h9-10H,3-8H2,1-2H3,(H,14,17). The number of amides is 4. The van der Waals surface area contributed by atoms with Crippen LogP contribution in [0.4, 0.5) is 4.79 Å². The van der Waals surface area contributed by atoms with Crippen molar-refractivity contribution in [3.8, 4) is 0 Å². The summed E-state index contributed by atoms with van der Waals surface area (Å²) in [6, 6.07) is -0.637. The van der Waals surface area contributed by atoms with Gasteiger partial charge in [-0.1, -0.05) is 13.8 Å². The number of hydrogen-bond donors (Lipinski definition) is 1. The topological polar surface area (TPSA) is 69.7 Å². The monoisotopic (exact) mass is 267 g/mol. The Hall–Kier alpha value is -1.59. The van der Waals surface area contributed by atoms with Crippen LogP contribution in [0.15, 0.2) is 0 Å². The minimum atomic E-state index is -0.323. The highest BCUT2D eigenvalue weighted by molar-refractivity contribution is 6.06. The molecule has 0 bridgehead atoms. The Bertz CT molecular complexity index is 373. The summed E-state index contributed by atoms with van der Waals surface area (Å²) in [4.78, 5) is 38.3. The second-order valence-corrected chi connectivity index (χ2v) is 5.59. The molecule has 1 atom stereocenters. The molecule has 0 saturated carbocycles. The first-order valence-corrected chi connectivity index (χ1v) is 6.89. The molecule has 2 fully saturated rings. The summed E-state index contributed by atoms with van der Waals surface area (Å²) in [5, 5.41) is 2.74. The molecule has 1 N–H and O–H groups in total. The summed E-state index contributed by atoms with van der Waals surface area (Å²) in [6.07, 6.45) is 2.48. The first-order chi connectivity index (χ1) is 9.00. The lowest BCUT2D eigenvalue weighted by Crippen LogP contribution is -2.42. The number of nitrogens with zero attached hydrogens (tertiary/aromatic N) is 2. The first kappa shape index (κ1) is 13.8. The van der Waals surface area contributed by atoms with Crippen LogP contribution < -0.4 is 5.32 Å². The van der Waals surface area contributed by atoms with Crippen molar-refractivity contribution in [1.29, 1.82) is 0 Å². The third-order valence-corrected chi connectivity index (χ3v) is 3.63. The van der Waals surface area contributed by atoms with E-state index in [9.17, 15) is 14.4 Å². The van der Waals surface area contributed by atoms with Crippen LogP contribution >= 0.6 is 0 Å². The zero-order valence-electron chi connectivity index (χ0n) is 11.5. The second kappa shape index (κ2) is 5.59. The first-order valence-electron chi connectivity index (χ1n) is 6.89. The molecule has 0 aliphatic carbocycles. The number of nitrogens with one attached hydrogen (secondary N) is 1. The maximum absolute atomic E-state index is 12.0. The summed E-state index contributed by atoms with van der Waals surface area (Å²) in [5.41, 5.74) is 0. The van der Waals surface area contributed by atoms with Crippen molar-refractivity contribution in [3.63, 3.8) is 0 Å². The molecule has 0 aromatic rings. The van der Waals surface area contributed by atoms with Gasteiger partial charge in [-0.05, 0) is 25.2 Å². The Balaban J connectivity index is 1.84. The van der Waals surface area contributed by atoms with Gasteiger partial charge in [0, 0.05) is 13.1 Å². The number of urea groups is 1. The molecular weight excluding hydrogens is 246 g/mol. The van der Waals surface area contributed by atoms with Gasteiger partial charge in [-0.15, -0.1) is 0 Å². The molecule has 2 aliphatic heterocycles. The quantitative estimate of drug-likeness (QED) is 0.741. The Morgan fingerprint density at radius 1 is 1.42 bits per heavy atom. The van der Waals surface area contributed by atoms with Gasteiger partial charge < -0.3 is 10.2 Å². The Labute approximate surface area is 113 Å². The van der Waals surface area contributed by atoms with Crippen molar-refractivity contribution in [1.82, 2.24) is 15.1 Å². The van der Waals surface area contributed by atoms with Crippen molar-refractivity contribution in [2.75, 3.05) is 19.6 Å². The zero-order valence-corrected chi connectivity index (χ0v) is 11.5. The van der Waals surface area contributed by atoms with E-state index >= 15 is 0 Å². The zero-order chi connectivity index (χ0) is 14.0. The van der Waals surface area contributed by atoms with E-state index in [1.165, 1.54) is 0 Å². The van der Waals surface area contributed by atoms with E-state index in [0.29, 0.717) is 19.0 Å². The molecule has 0 spiro atoms. The summed E-state index contributed by atoms with van der Waals surface area (Å²) in [5.74, 6) is 0.0332. The SMILES string of the molecule is CC(C)CCNC(=O)CN1C(=O)C2CCCN2C1=O. The van der Waals surface area contributed by atoms with Gasteiger partial charge in [-0.25, -0.2) is 4.79 Å². The molecule has 2 heterocycles. The Morgan fingerprint density at radius 3 is 2.79 bits per heavy atom. The van der Waals surface area contributed by atoms with E-state index in [2.05, 4.69) is 19.2 Å². The highest BCUT2D eigenvalue weighted by atomic mass is 16.2. The van der Waals surface area contributed by atoms with E-state index in [-0.39, 0.29) is 30.4 Å². The van der Waals surface area contributed by atoms with Crippen LogP contribution in [0.2, 0.25) is 0 Å². The third-order valence-electron chi connectivity index (χ3n) is 3.63. The van der Waals surface area contributed by atoms with Crippen molar-refractivity contribution >= 4 is 17.8 Å². The third kappa shape index (κ3) is 2.88. The fraction of sp³-hybridized carbons (Fsp3) is 0.769. The molecule has 2 rings (SSSR count). The molecule has 0 aromatic carbocycles. The fourth-order valence-electron chi connectivity index (χ4n) is 2.53. The number of carbonyl (C=O) groups is 3. The van der Waals surface area contributed by atoms with Gasteiger partial charge in [0.1, 0.15) is 12.6 Å². The molecule has 19 heavy (non-hydrogen) atoms. The van der Waals surface area contributed by atoms with Crippen LogP contribution in [0.25, 0.3) is 0 Å². The lowest BCUT2D eigenvalue weighted by atomic mass is 10.1. The van der Waals surface area contributed by atoms with Gasteiger partial charge in [0.05, 0.1) is 0 Å². The average molecular weight is 267 g/mol. The van der Waals surface area contributed by atoms with Crippen molar-refractivity contribution in [3.05, 3.63) is 0 Å². The largest absolute Gasteiger partial charge is 0.355 e. The fourth-order valence-corrected chi connectivity index (χ4v) is 2.53. The maximum Gasteiger partial charge on any atom is 0.327 e. The van der Waals surface area contributed by atoms with Crippen molar-refractivity contribution < 1.29 is 14.4 Å². The lowest BCUT2D eigenvalue weighted by Gasteiger charge is -2.15.